The molecule has 0 unspecified atom stereocenters. The number of nitrogens with one attached hydrogen (secondary N) is 2. The monoisotopic (exact) mass is 449 g/mol. The fourth-order valence-corrected chi connectivity index (χ4v) is 4.97. The Morgan fingerprint density at radius 3 is 2.43 bits per heavy atom. The van der Waals surface area contributed by atoms with E-state index in [0.29, 0.717) is 30.1 Å². The summed E-state index contributed by atoms with van der Waals surface area (Å²) in [5.41, 5.74) is 0.572. The van der Waals surface area contributed by atoms with Gasteiger partial charge in [0.05, 0.1) is 10.8 Å². The molecule has 0 bridgehead atoms. The summed E-state index contributed by atoms with van der Waals surface area (Å²) in [6.07, 6.45) is 1.15. The fourth-order valence-electron chi connectivity index (χ4n) is 3.30. The van der Waals surface area contributed by atoms with E-state index in [4.69, 9.17) is 11.6 Å². The van der Waals surface area contributed by atoms with E-state index in [0.717, 1.165) is 0 Å². The highest BCUT2D eigenvalue weighted by molar-refractivity contribution is 7.89. The van der Waals surface area contributed by atoms with Gasteiger partial charge in [0.15, 0.2) is 0 Å². The van der Waals surface area contributed by atoms with Gasteiger partial charge in [-0.2, -0.15) is 4.31 Å². The molecular formula is C21H24ClN3O4S. The smallest absolute Gasteiger partial charge is 0.246 e. The number of sulfonamides is 1. The number of carbonyl (C=O) groups is 2. The minimum atomic E-state index is -3.65. The van der Waals surface area contributed by atoms with Crippen LogP contribution in [0.4, 0.5) is 5.69 Å². The number of nitrogens with zero attached hydrogens (tertiary/aromatic N) is 1. The molecule has 9 heteroatoms. The molecule has 2 N–H and O–H groups in total. The zero-order valence-electron chi connectivity index (χ0n) is 16.5. The van der Waals surface area contributed by atoms with Crippen LogP contribution in [0.5, 0.6) is 0 Å². The largest absolute Gasteiger partial charge is 0.344 e. The molecule has 2 aromatic rings. The highest BCUT2D eigenvalue weighted by Crippen LogP contribution is 2.24. The van der Waals surface area contributed by atoms with Gasteiger partial charge in [0.25, 0.3) is 0 Å². The third kappa shape index (κ3) is 5.38. The minimum Gasteiger partial charge on any atom is -0.344 e. The van der Waals surface area contributed by atoms with Crippen LogP contribution in [-0.4, -0.2) is 43.7 Å². The standard InChI is InChI=1S/C21H24ClN3O4S/c1-15(20(26)24-18-11-9-17(22)10-12-18)23-21(27)16-6-5-13-25(14-16)30(28,29)19-7-3-2-4-8-19/h2-4,7-12,15-16H,5-6,13-14H2,1H3,(H,23,27)(H,24,26)/t15-,16-/m0/s1. The maximum atomic E-state index is 12.8. The van der Waals surface area contributed by atoms with E-state index in [-0.39, 0.29) is 23.3 Å². The van der Waals surface area contributed by atoms with Crippen molar-refractivity contribution in [2.24, 2.45) is 5.92 Å². The molecular weight excluding hydrogens is 426 g/mol. The van der Waals surface area contributed by atoms with Gasteiger partial charge in [-0.3, -0.25) is 9.59 Å². The topological polar surface area (TPSA) is 95.6 Å². The number of halogens is 1. The Hall–Kier alpha value is -2.42. The molecule has 0 aliphatic carbocycles. The van der Waals surface area contributed by atoms with Gasteiger partial charge in [-0.25, -0.2) is 8.42 Å². The van der Waals surface area contributed by atoms with Gasteiger partial charge in [0.1, 0.15) is 6.04 Å². The van der Waals surface area contributed by atoms with E-state index in [1.54, 1.807) is 61.5 Å². The van der Waals surface area contributed by atoms with Crippen LogP contribution in [0, 0.1) is 5.92 Å². The molecule has 1 saturated heterocycles. The third-order valence-electron chi connectivity index (χ3n) is 5.00. The van der Waals surface area contributed by atoms with E-state index in [2.05, 4.69) is 10.6 Å². The molecule has 1 heterocycles. The van der Waals surface area contributed by atoms with Crippen molar-refractivity contribution in [2.45, 2.75) is 30.7 Å². The third-order valence-corrected chi connectivity index (χ3v) is 7.13. The summed E-state index contributed by atoms with van der Waals surface area (Å²) in [7, 11) is -3.65. The molecule has 3 rings (SSSR count). The molecule has 1 fully saturated rings. The molecule has 1 aliphatic heterocycles. The van der Waals surface area contributed by atoms with Crippen LogP contribution in [-0.2, 0) is 19.6 Å². The lowest BCUT2D eigenvalue weighted by atomic mass is 9.98. The predicted octanol–water partition coefficient (Wildman–Crippen LogP) is 2.88. The molecule has 2 atom stereocenters. The zero-order valence-corrected chi connectivity index (χ0v) is 18.1. The molecule has 1 aliphatic rings. The van der Waals surface area contributed by atoms with Crippen molar-refractivity contribution in [1.29, 1.82) is 0 Å². The number of anilines is 1. The predicted molar refractivity (Wildman–Crippen MR) is 116 cm³/mol. The number of hydrogen-bond donors (Lipinski definition) is 2. The van der Waals surface area contributed by atoms with Gasteiger partial charge in [0.2, 0.25) is 21.8 Å². The Balaban J connectivity index is 1.59. The van der Waals surface area contributed by atoms with E-state index in [1.165, 1.54) is 4.31 Å². The first-order valence-corrected chi connectivity index (χ1v) is 11.5. The Labute approximate surface area is 181 Å². The highest BCUT2D eigenvalue weighted by Gasteiger charge is 2.34. The molecule has 0 aromatic heterocycles. The molecule has 2 amide bonds. The quantitative estimate of drug-likeness (QED) is 0.708. The SMILES string of the molecule is C[C@H](NC(=O)[C@H]1CCCN(S(=O)(=O)c2ccccc2)C1)C(=O)Nc1ccc(Cl)cc1. The first kappa shape index (κ1) is 22.3. The lowest BCUT2D eigenvalue weighted by Crippen LogP contribution is -2.49. The van der Waals surface area contributed by atoms with Gasteiger partial charge >= 0.3 is 0 Å². The van der Waals surface area contributed by atoms with Crippen LogP contribution in [0.1, 0.15) is 19.8 Å². The maximum Gasteiger partial charge on any atom is 0.246 e. The van der Waals surface area contributed by atoms with Crippen LogP contribution in [0.3, 0.4) is 0 Å². The molecule has 0 radical (unpaired) electrons. The molecule has 7 nitrogen and oxygen atoms in total. The van der Waals surface area contributed by atoms with E-state index in [1.807, 2.05) is 0 Å². The minimum absolute atomic E-state index is 0.0918. The lowest BCUT2D eigenvalue weighted by Gasteiger charge is -2.31. The van der Waals surface area contributed by atoms with Crippen molar-refractivity contribution in [3.8, 4) is 0 Å². The van der Waals surface area contributed by atoms with Crippen LogP contribution >= 0.6 is 11.6 Å². The number of rotatable bonds is 6. The number of piperidine rings is 1. The van der Waals surface area contributed by atoms with Gasteiger partial charge < -0.3 is 10.6 Å². The summed E-state index contributed by atoms with van der Waals surface area (Å²) in [6, 6.07) is 14.1. The Morgan fingerprint density at radius 1 is 1.10 bits per heavy atom. The average molecular weight is 450 g/mol. The van der Waals surface area contributed by atoms with Crippen molar-refractivity contribution in [1.82, 2.24) is 9.62 Å². The average Bonchev–Trinajstić information content (AvgIpc) is 2.76. The summed E-state index contributed by atoms with van der Waals surface area (Å²) in [6.45, 7) is 2.05. The summed E-state index contributed by atoms with van der Waals surface area (Å²) >= 11 is 5.83. The van der Waals surface area contributed by atoms with Gasteiger partial charge in [-0.15, -0.1) is 0 Å². The Kier molecular flexibility index (Phi) is 7.12. The second-order valence-electron chi connectivity index (χ2n) is 7.24. The van der Waals surface area contributed by atoms with E-state index >= 15 is 0 Å². The first-order chi connectivity index (χ1) is 14.3. The normalized spacial score (nSPS) is 18.4. The van der Waals surface area contributed by atoms with Crippen LogP contribution in [0.15, 0.2) is 59.5 Å². The highest BCUT2D eigenvalue weighted by atomic mass is 35.5. The number of benzene rings is 2. The van der Waals surface area contributed by atoms with Crippen molar-refractivity contribution >= 4 is 39.1 Å². The summed E-state index contributed by atoms with van der Waals surface area (Å²) < 4.78 is 27.0. The van der Waals surface area contributed by atoms with Crippen molar-refractivity contribution in [3.05, 3.63) is 59.6 Å². The fraction of sp³-hybridized carbons (Fsp3) is 0.333. The Bertz CT molecular complexity index is 997. The molecule has 30 heavy (non-hydrogen) atoms. The Morgan fingerprint density at radius 2 is 1.77 bits per heavy atom. The van der Waals surface area contributed by atoms with Crippen LogP contribution in [0.2, 0.25) is 5.02 Å². The van der Waals surface area contributed by atoms with Gasteiger partial charge in [-0.1, -0.05) is 29.8 Å². The summed E-state index contributed by atoms with van der Waals surface area (Å²) in [5, 5.41) is 5.96. The molecule has 160 valence electrons. The number of carbonyl (C=O) groups excluding carboxylic acids is 2. The summed E-state index contributed by atoms with van der Waals surface area (Å²) in [4.78, 5) is 25.3. The maximum absolute atomic E-state index is 12.8. The second-order valence-corrected chi connectivity index (χ2v) is 9.62. The van der Waals surface area contributed by atoms with Gasteiger partial charge in [0, 0.05) is 23.8 Å². The van der Waals surface area contributed by atoms with Crippen LogP contribution < -0.4 is 10.6 Å². The van der Waals surface area contributed by atoms with Gasteiger partial charge in [-0.05, 0) is 56.2 Å². The second kappa shape index (κ2) is 9.59. The molecule has 2 aromatic carbocycles. The number of hydrogen-bond acceptors (Lipinski definition) is 4. The van der Waals surface area contributed by atoms with Crippen molar-refractivity contribution in [3.63, 3.8) is 0 Å². The zero-order chi connectivity index (χ0) is 21.7. The molecule has 0 spiro atoms. The van der Waals surface area contributed by atoms with E-state index in [9.17, 15) is 18.0 Å². The van der Waals surface area contributed by atoms with Crippen molar-refractivity contribution in [2.75, 3.05) is 18.4 Å². The number of amides is 2. The first-order valence-electron chi connectivity index (χ1n) is 9.69. The lowest BCUT2D eigenvalue weighted by molar-refractivity contribution is -0.129. The van der Waals surface area contributed by atoms with E-state index < -0.39 is 22.0 Å². The van der Waals surface area contributed by atoms with Crippen molar-refractivity contribution < 1.29 is 18.0 Å². The van der Waals surface area contributed by atoms with Crippen LogP contribution in [0.25, 0.3) is 0 Å². The molecule has 0 saturated carbocycles. The summed E-state index contributed by atoms with van der Waals surface area (Å²) in [5.74, 6) is -1.21.